The lowest BCUT2D eigenvalue weighted by atomic mass is 10.1. The first-order valence-corrected chi connectivity index (χ1v) is 5.80. The Hall–Kier alpha value is -1.55. The Bertz CT molecular complexity index is 348. The summed E-state index contributed by atoms with van der Waals surface area (Å²) in [7, 11) is 0. The van der Waals surface area contributed by atoms with Crippen molar-refractivity contribution < 1.29 is 14.3 Å². The van der Waals surface area contributed by atoms with E-state index in [0.717, 1.165) is 5.56 Å². The van der Waals surface area contributed by atoms with E-state index >= 15 is 0 Å². The number of ether oxygens (including phenoxy) is 2. The van der Waals surface area contributed by atoms with E-state index < -0.39 is 0 Å². The molecule has 0 amide bonds. The van der Waals surface area contributed by atoms with Gasteiger partial charge in [0.25, 0.3) is 0 Å². The van der Waals surface area contributed by atoms with Gasteiger partial charge in [0, 0.05) is 12.3 Å². The minimum absolute atomic E-state index is 0.228. The molecule has 1 aromatic carbocycles. The van der Waals surface area contributed by atoms with Crippen LogP contribution in [-0.4, -0.2) is 19.2 Å². The van der Waals surface area contributed by atoms with Gasteiger partial charge >= 0.3 is 5.97 Å². The van der Waals surface area contributed by atoms with Gasteiger partial charge in [0.15, 0.2) is 0 Å². The van der Waals surface area contributed by atoms with Crippen LogP contribution in [0.25, 0.3) is 0 Å². The molecular weight excluding hydrogens is 218 g/mol. The second-order valence-electron chi connectivity index (χ2n) is 3.62. The van der Waals surface area contributed by atoms with Gasteiger partial charge in [0.1, 0.15) is 0 Å². The quantitative estimate of drug-likeness (QED) is 0.609. The summed E-state index contributed by atoms with van der Waals surface area (Å²) < 4.78 is 10.5. The Morgan fingerprint density at radius 3 is 2.41 bits per heavy atom. The first-order chi connectivity index (χ1) is 8.17. The standard InChI is InChI=1S/C13H19NO3/c1-3-16-12(9-13(15)17-4-2)10-5-7-11(14)8-6-10/h5-8,12H,3-4,9,14H2,1-2H3. The molecular formula is C13H19NO3. The zero-order valence-electron chi connectivity index (χ0n) is 10.3. The third kappa shape index (κ3) is 4.44. The van der Waals surface area contributed by atoms with Gasteiger partial charge in [-0.15, -0.1) is 0 Å². The lowest BCUT2D eigenvalue weighted by molar-refractivity contribution is -0.146. The average molecular weight is 237 g/mol. The molecule has 0 spiro atoms. The maximum absolute atomic E-state index is 11.4. The summed E-state index contributed by atoms with van der Waals surface area (Å²) in [5.74, 6) is -0.247. The highest BCUT2D eigenvalue weighted by Crippen LogP contribution is 2.22. The summed E-state index contributed by atoms with van der Waals surface area (Å²) in [6, 6.07) is 7.34. The lowest BCUT2D eigenvalue weighted by Gasteiger charge is -2.16. The highest BCUT2D eigenvalue weighted by molar-refractivity contribution is 5.70. The number of carbonyl (C=O) groups is 1. The monoisotopic (exact) mass is 237 g/mol. The van der Waals surface area contributed by atoms with Crippen molar-refractivity contribution in [2.24, 2.45) is 0 Å². The van der Waals surface area contributed by atoms with E-state index in [1.165, 1.54) is 0 Å². The predicted molar refractivity (Wildman–Crippen MR) is 66.5 cm³/mol. The highest BCUT2D eigenvalue weighted by atomic mass is 16.5. The average Bonchev–Trinajstić information content (AvgIpc) is 2.30. The van der Waals surface area contributed by atoms with Crippen molar-refractivity contribution in [3.63, 3.8) is 0 Å². The second-order valence-corrected chi connectivity index (χ2v) is 3.62. The smallest absolute Gasteiger partial charge is 0.308 e. The molecule has 4 nitrogen and oxygen atoms in total. The Morgan fingerprint density at radius 1 is 1.24 bits per heavy atom. The number of hydrogen-bond donors (Lipinski definition) is 1. The number of rotatable bonds is 6. The Kier molecular flexibility index (Phi) is 5.49. The largest absolute Gasteiger partial charge is 0.466 e. The van der Waals surface area contributed by atoms with Crippen LogP contribution in [-0.2, 0) is 14.3 Å². The van der Waals surface area contributed by atoms with E-state index in [2.05, 4.69) is 0 Å². The third-order valence-electron chi connectivity index (χ3n) is 2.33. The van der Waals surface area contributed by atoms with Crippen molar-refractivity contribution in [1.29, 1.82) is 0 Å². The first-order valence-electron chi connectivity index (χ1n) is 5.80. The second kappa shape index (κ2) is 6.91. The van der Waals surface area contributed by atoms with Crippen LogP contribution >= 0.6 is 0 Å². The number of esters is 1. The summed E-state index contributed by atoms with van der Waals surface area (Å²) >= 11 is 0. The predicted octanol–water partition coefficient (Wildman–Crippen LogP) is 2.30. The molecule has 0 aliphatic rings. The van der Waals surface area contributed by atoms with Gasteiger partial charge < -0.3 is 15.2 Å². The van der Waals surface area contributed by atoms with Gasteiger partial charge in [-0.1, -0.05) is 12.1 Å². The maximum atomic E-state index is 11.4. The number of benzene rings is 1. The van der Waals surface area contributed by atoms with E-state index in [1.807, 2.05) is 19.1 Å². The zero-order valence-corrected chi connectivity index (χ0v) is 10.3. The van der Waals surface area contributed by atoms with Gasteiger partial charge in [-0.25, -0.2) is 0 Å². The van der Waals surface area contributed by atoms with Crippen molar-refractivity contribution in [3.05, 3.63) is 29.8 Å². The van der Waals surface area contributed by atoms with Crippen molar-refractivity contribution in [2.45, 2.75) is 26.4 Å². The lowest BCUT2D eigenvalue weighted by Crippen LogP contribution is -2.13. The van der Waals surface area contributed by atoms with Crippen LogP contribution in [0.3, 0.4) is 0 Å². The molecule has 0 radical (unpaired) electrons. The Balaban J connectivity index is 2.71. The van der Waals surface area contributed by atoms with Crippen molar-refractivity contribution >= 4 is 11.7 Å². The number of nitrogens with two attached hydrogens (primary N) is 1. The van der Waals surface area contributed by atoms with Crippen molar-refractivity contribution in [3.8, 4) is 0 Å². The van der Waals surface area contributed by atoms with Crippen molar-refractivity contribution in [2.75, 3.05) is 18.9 Å². The maximum Gasteiger partial charge on any atom is 0.308 e. The van der Waals surface area contributed by atoms with E-state index in [-0.39, 0.29) is 18.5 Å². The molecule has 0 aromatic heterocycles. The van der Waals surface area contributed by atoms with Gasteiger partial charge in [0.2, 0.25) is 0 Å². The van der Waals surface area contributed by atoms with E-state index in [0.29, 0.717) is 18.9 Å². The van der Waals surface area contributed by atoms with E-state index in [4.69, 9.17) is 15.2 Å². The Morgan fingerprint density at radius 2 is 1.88 bits per heavy atom. The minimum atomic E-state index is -0.264. The van der Waals surface area contributed by atoms with Gasteiger partial charge in [-0.05, 0) is 31.5 Å². The van der Waals surface area contributed by atoms with Gasteiger partial charge in [-0.2, -0.15) is 0 Å². The van der Waals surface area contributed by atoms with Crippen LogP contribution in [0.5, 0.6) is 0 Å². The van der Waals surface area contributed by atoms with Crippen LogP contribution < -0.4 is 5.73 Å². The topological polar surface area (TPSA) is 61.5 Å². The molecule has 1 aromatic rings. The molecule has 0 fully saturated rings. The van der Waals surface area contributed by atoms with E-state index in [9.17, 15) is 4.79 Å². The fourth-order valence-electron chi connectivity index (χ4n) is 1.56. The van der Waals surface area contributed by atoms with Crippen molar-refractivity contribution in [1.82, 2.24) is 0 Å². The normalized spacial score (nSPS) is 12.1. The van der Waals surface area contributed by atoms with Crippen LogP contribution in [0.2, 0.25) is 0 Å². The van der Waals surface area contributed by atoms with Crippen LogP contribution in [0.15, 0.2) is 24.3 Å². The van der Waals surface area contributed by atoms with Crippen LogP contribution in [0, 0.1) is 0 Å². The molecule has 17 heavy (non-hydrogen) atoms. The zero-order chi connectivity index (χ0) is 12.7. The van der Waals surface area contributed by atoms with Crippen LogP contribution in [0.1, 0.15) is 31.9 Å². The third-order valence-corrected chi connectivity index (χ3v) is 2.33. The number of hydrogen-bond acceptors (Lipinski definition) is 4. The molecule has 0 saturated carbocycles. The summed E-state index contributed by atoms with van der Waals surface area (Å²) in [5.41, 5.74) is 7.25. The molecule has 0 saturated heterocycles. The molecule has 0 heterocycles. The molecule has 1 rings (SSSR count). The summed E-state index contributed by atoms with van der Waals surface area (Å²) in [4.78, 5) is 11.4. The number of carbonyl (C=O) groups excluding carboxylic acids is 1. The molecule has 1 atom stereocenters. The summed E-state index contributed by atoms with van der Waals surface area (Å²) in [5, 5.41) is 0. The molecule has 94 valence electrons. The number of nitrogen functional groups attached to an aromatic ring is 1. The molecule has 1 unspecified atom stereocenters. The Labute approximate surface area is 102 Å². The molecule has 0 aliphatic heterocycles. The van der Waals surface area contributed by atoms with Gasteiger partial charge in [-0.3, -0.25) is 4.79 Å². The highest BCUT2D eigenvalue weighted by Gasteiger charge is 2.16. The molecule has 0 aliphatic carbocycles. The van der Waals surface area contributed by atoms with Crippen LogP contribution in [0.4, 0.5) is 5.69 Å². The number of anilines is 1. The summed E-state index contributed by atoms with van der Waals surface area (Å²) in [6.45, 7) is 4.63. The first kappa shape index (κ1) is 13.5. The SMILES string of the molecule is CCOC(=O)CC(OCC)c1ccc(N)cc1. The fraction of sp³-hybridized carbons (Fsp3) is 0.462. The molecule has 4 heteroatoms. The summed E-state index contributed by atoms with van der Waals surface area (Å²) in [6.07, 6.45) is -0.0364. The molecule has 2 N–H and O–H groups in total. The molecule has 0 bridgehead atoms. The minimum Gasteiger partial charge on any atom is -0.466 e. The fourth-order valence-corrected chi connectivity index (χ4v) is 1.56. The van der Waals surface area contributed by atoms with Gasteiger partial charge in [0.05, 0.1) is 19.1 Å². The van der Waals surface area contributed by atoms with E-state index in [1.54, 1.807) is 19.1 Å².